The Bertz CT molecular complexity index is 1040. The Labute approximate surface area is 392 Å². The summed E-state index contributed by atoms with van der Waals surface area (Å²) >= 11 is 0. The number of ether oxygens (including phenoxy) is 1. The first-order valence-electron chi connectivity index (χ1n) is 27.7. The van der Waals surface area contributed by atoms with Crippen LogP contribution in [0.5, 0.6) is 0 Å². The molecule has 0 aliphatic rings. The minimum absolute atomic E-state index is 0.0696. The van der Waals surface area contributed by atoms with Crippen molar-refractivity contribution in [2.24, 2.45) is 0 Å². The molecule has 0 spiro atoms. The van der Waals surface area contributed by atoms with Crippen molar-refractivity contribution in [3.8, 4) is 0 Å². The molecule has 0 aromatic rings. The topological polar surface area (TPSA) is 95.9 Å². The van der Waals surface area contributed by atoms with Crippen LogP contribution in [-0.2, 0) is 14.3 Å². The molecule has 0 heterocycles. The van der Waals surface area contributed by atoms with Crippen molar-refractivity contribution in [2.75, 3.05) is 6.61 Å². The van der Waals surface area contributed by atoms with Crippen LogP contribution in [0, 0.1) is 0 Å². The lowest BCUT2D eigenvalue weighted by molar-refractivity contribution is -0.151. The maximum atomic E-state index is 13.2. The lowest BCUT2D eigenvalue weighted by Gasteiger charge is -2.24. The fraction of sp³-hybridized carbons (Fsp3) is 0.860. The maximum absolute atomic E-state index is 13.2. The van der Waals surface area contributed by atoms with Gasteiger partial charge in [-0.15, -0.1) is 0 Å². The molecule has 0 saturated carbocycles. The number of carbonyl (C=O) groups is 2. The van der Waals surface area contributed by atoms with Gasteiger partial charge in [-0.2, -0.15) is 0 Å². The number of rotatable bonds is 50. The van der Waals surface area contributed by atoms with E-state index in [0.717, 1.165) is 64.2 Å². The fourth-order valence-electron chi connectivity index (χ4n) is 8.48. The number of unbranched alkanes of at least 4 members (excludes halogenated alkanes) is 33. The Morgan fingerprint density at radius 3 is 1.27 bits per heavy atom. The Hall–Kier alpha value is -1.92. The number of amides is 1. The summed E-state index contributed by atoms with van der Waals surface area (Å²) < 4.78 is 5.94. The highest BCUT2D eigenvalue weighted by Gasteiger charge is 2.24. The number of aliphatic hydroxyl groups is 2. The molecule has 0 bridgehead atoms. The van der Waals surface area contributed by atoms with Gasteiger partial charge in [0.05, 0.1) is 25.2 Å². The molecule has 6 heteroatoms. The zero-order chi connectivity index (χ0) is 45.9. The number of esters is 1. The lowest BCUT2D eigenvalue weighted by Crippen LogP contribution is -2.46. The zero-order valence-electron chi connectivity index (χ0n) is 42.2. The van der Waals surface area contributed by atoms with Crippen molar-refractivity contribution in [2.45, 2.75) is 309 Å². The molecule has 0 aromatic heterocycles. The van der Waals surface area contributed by atoms with Crippen LogP contribution in [0.2, 0.25) is 0 Å². The van der Waals surface area contributed by atoms with E-state index in [9.17, 15) is 19.8 Å². The molecule has 3 N–H and O–H groups in total. The molecule has 0 rings (SSSR count). The molecular weight excluding hydrogens is 779 g/mol. The van der Waals surface area contributed by atoms with Gasteiger partial charge in [-0.05, 0) is 77.0 Å². The van der Waals surface area contributed by atoms with E-state index in [1.165, 1.54) is 180 Å². The number of nitrogens with one attached hydrogen (secondary N) is 1. The SMILES string of the molecule is CCCCC/C=C/C=C/CCCCCCCCC(=O)OC(CCCCCCC/C=C\CCCCCC)CC(=O)NC(CO)C(O)CCCCCCCCCCCCCCCCCC. The van der Waals surface area contributed by atoms with Crippen LogP contribution in [0.25, 0.3) is 0 Å². The smallest absolute Gasteiger partial charge is 0.306 e. The van der Waals surface area contributed by atoms with E-state index < -0.39 is 18.2 Å². The van der Waals surface area contributed by atoms with Crippen molar-refractivity contribution in [1.82, 2.24) is 5.32 Å². The first kappa shape index (κ1) is 61.1. The summed E-state index contributed by atoms with van der Waals surface area (Å²) in [5.74, 6) is -0.485. The first-order chi connectivity index (χ1) is 31.0. The van der Waals surface area contributed by atoms with Gasteiger partial charge in [0.2, 0.25) is 5.91 Å². The predicted molar refractivity (Wildman–Crippen MR) is 273 cm³/mol. The third kappa shape index (κ3) is 46.4. The molecule has 0 radical (unpaired) electrons. The molecule has 0 saturated heterocycles. The van der Waals surface area contributed by atoms with Crippen LogP contribution in [0.15, 0.2) is 36.5 Å². The third-order valence-corrected chi connectivity index (χ3v) is 12.7. The van der Waals surface area contributed by atoms with E-state index >= 15 is 0 Å². The lowest BCUT2D eigenvalue weighted by atomic mass is 10.0. The Morgan fingerprint density at radius 1 is 0.460 bits per heavy atom. The van der Waals surface area contributed by atoms with Crippen molar-refractivity contribution < 1.29 is 24.5 Å². The van der Waals surface area contributed by atoms with Gasteiger partial charge in [0, 0.05) is 6.42 Å². The second-order valence-electron chi connectivity index (χ2n) is 19.0. The Kier molecular flexibility index (Phi) is 49.5. The highest BCUT2D eigenvalue weighted by Crippen LogP contribution is 2.18. The van der Waals surface area contributed by atoms with Gasteiger partial charge in [-0.25, -0.2) is 0 Å². The minimum atomic E-state index is -0.791. The van der Waals surface area contributed by atoms with Gasteiger partial charge >= 0.3 is 5.97 Å². The van der Waals surface area contributed by atoms with Gasteiger partial charge < -0.3 is 20.3 Å². The molecule has 0 fully saturated rings. The first-order valence-corrected chi connectivity index (χ1v) is 27.7. The summed E-state index contributed by atoms with van der Waals surface area (Å²) in [5.41, 5.74) is 0. The summed E-state index contributed by atoms with van der Waals surface area (Å²) in [7, 11) is 0. The molecule has 3 unspecified atom stereocenters. The molecule has 6 nitrogen and oxygen atoms in total. The molecule has 0 aliphatic heterocycles. The van der Waals surface area contributed by atoms with E-state index in [2.05, 4.69) is 62.5 Å². The van der Waals surface area contributed by atoms with Gasteiger partial charge in [0.15, 0.2) is 0 Å². The van der Waals surface area contributed by atoms with Crippen LogP contribution in [-0.4, -0.2) is 46.9 Å². The van der Waals surface area contributed by atoms with Crippen LogP contribution in [0.1, 0.15) is 290 Å². The van der Waals surface area contributed by atoms with Gasteiger partial charge in [0.1, 0.15) is 6.10 Å². The van der Waals surface area contributed by atoms with Crippen molar-refractivity contribution >= 4 is 11.9 Å². The molecule has 1 amide bonds. The second kappa shape index (κ2) is 51.1. The Balaban J connectivity index is 4.53. The van der Waals surface area contributed by atoms with Crippen LogP contribution in [0.4, 0.5) is 0 Å². The number of carbonyl (C=O) groups excluding carboxylic acids is 2. The molecule has 63 heavy (non-hydrogen) atoms. The Morgan fingerprint density at radius 2 is 0.810 bits per heavy atom. The molecule has 3 atom stereocenters. The molecule has 370 valence electrons. The highest BCUT2D eigenvalue weighted by molar-refractivity contribution is 5.77. The second-order valence-corrected chi connectivity index (χ2v) is 19.0. The number of hydrogen-bond acceptors (Lipinski definition) is 5. The average molecular weight is 886 g/mol. The van der Waals surface area contributed by atoms with Gasteiger partial charge in [-0.1, -0.05) is 237 Å². The monoisotopic (exact) mass is 886 g/mol. The van der Waals surface area contributed by atoms with Gasteiger partial charge in [0.25, 0.3) is 0 Å². The molecular formula is C57H107NO5. The predicted octanol–water partition coefficient (Wildman–Crippen LogP) is 16.8. The summed E-state index contributed by atoms with van der Waals surface area (Å²) in [4.78, 5) is 26.2. The third-order valence-electron chi connectivity index (χ3n) is 12.7. The quantitative estimate of drug-likeness (QED) is 0.0245. The van der Waals surface area contributed by atoms with E-state index in [1.807, 2.05) is 0 Å². The zero-order valence-corrected chi connectivity index (χ0v) is 42.2. The van der Waals surface area contributed by atoms with Crippen molar-refractivity contribution in [3.63, 3.8) is 0 Å². The summed E-state index contributed by atoms with van der Waals surface area (Å²) in [6.45, 7) is 6.46. The standard InChI is InChI=1S/C57H107NO5/c1-4-7-10-13-16-19-22-25-27-29-31-34-37-40-43-46-49-55(60)54(52-59)58-56(61)51-53(48-45-42-39-36-33-30-24-21-18-15-12-9-6-3)63-57(62)50-47-44-41-38-35-32-28-26-23-20-17-14-11-8-5-2/h17,20-21,23-24,26,53-55,59-60H,4-16,18-19,22,25,27-52H2,1-3H3,(H,58,61)/b20-17+,24-21-,26-23+. The average Bonchev–Trinajstić information content (AvgIpc) is 3.28. The summed E-state index contributed by atoms with van der Waals surface area (Å²) in [6.07, 6.45) is 60.6. The normalized spacial score (nSPS) is 13.4. The molecule has 0 aliphatic carbocycles. The summed E-state index contributed by atoms with van der Waals surface area (Å²) in [6, 6.07) is -0.705. The maximum Gasteiger partial charge on any atom is 0.306 e. The van der Waals surface area contributed by atoms with E-state index in [1.54, 1.807) is 0 Å². The number of hydrogen-bond donors (Lipinski definition) is 3. The van der Waals surface area contributed by atoms with Crippen molar-refractivity contribution in [3.05, 3.63) is 36.5 Å². The highest BCUT2D eigenvalue weighted by atomic mass is 16.5. The largest absolute Gasteiger partial charge is 0.462 e. The molecule has 0 aromatic carbocycles. The van der Waals surface area contributed by atoms with Crippen LogP contribution < -0.4 is 5.32 Å². The van der Waals surface area contributed by atoms with Crippen LogP contribution >= 0.6 is 0 Å². The number of aliphatic hydroxyl groups excluding tert-OH is 2. The van der Waals surface area contributed by atoms with Crippen molar-refractivity contribution in [1.29, 1.82) is 0 Å². The van der Waals surface area contributed by atoms with E-state index in [4.69, 9.17) is 4.74 Å². The van der Waals surface area contributed by atoms with Gasteiger partial charge in [-0.3, -0.25) is 9.59 Å². The number of allylic oxidation sites excluding steroid dienone is 6. The van der Waals surface area contributed by atoms with Crippen LogP contribution in [0.3, 0.4) is 0 Å². The fourth-order valence-corrected chi connectivity index (χ4v) is 8.48. The van der Waals surface area contributed by atoms with E-state index in [0.29, 0.717) is 19.3 Å². The minimum Gasteiger partial charge on any atom is -0.462 e. The summed E-state index contributed by atoms with van der Waals surface area (Å²) in [5, 5.41) is 23.8. The van der Waals surface area contributed by atoms with E-state index in [-0.39, 0.29) is 24.9 Å².